The lowest BCUT2D eigenvalue weighted by Gasteiger charge is -2.12. The van der Waals surface area contributed by atoms with Crippen molar-refractivity contribution in [3.63, 3.8) is 0 Å². The molecule has 0 unspecified atom stereocenters. The van der Waals surface area contributed by atoms with Crippen molar-refractivity contribution in [3.05, 3.63) is 29.3 Å². The SMILES string of the molecule is CCc1c(CN)cccc1OC1CC1. The third-order valence-corrected chi connectivity index (χ3v) is 2.62. The van der Waals surface area contributed by atoms with E-state index in [0.29, 0.717) is 12.6 Å². The fourth-order valence-corrected chi connectivity index (χ4v) is 1.68. The number of ether oxygens (including phenoxy) is 1. The van der Waals surface area contributed by atoms with E-state index >= 15 is 0 Å². The van der Waals surface area contributed by atoms with Gasteiger partial charge in [-0.1, -0.05) is 19.1 Å². The minimum atomic E-state index is 0.466. The Bertz CT molecular complexity index is 318. The smallest absolute Gasteiger partial charge is 0.123 e. The molecule has 14 heavy (non-hydrogen) atoms. The summed E-state index contributed by atoms with van der Waals surface area (Å²) in [6, 6.07) is 6.16. The van der Waals surface area contributed by atoms with Gasteiger partial charge in [0, 0.05) is 6.54 Å². The van der Waals surface area contributed by atoms with Crippen LogP contribution in [0.2, 0.25) is 0 Å². The van der Waals surface area contributed by atoms with Crippen LogP contribution in [0, 0.1) is 0 Å². The summed E-state index contributed by atoms with van der Waals surface area (Å²) >= 11 is 0. The van der Waals surface area contributed by atoms with Crippen LogP contribution in [0.1, 0.15) is 30.9 Å². The fourth-order valence-electron chi connectivity index (χ4n) is 1.68. The Morgan fingerprint density at radius 1 is 1.43 bits per heavy atom. The summed E-state index contributed by atoms with van der Waals surface area (Å²) in [7, 11) is 0. The van der Waals surface area contributed by atoms with Crippen LogP contribution in [0.4, 0.5) is 0 Å². The zero-order valence-corrected chi connectivity index (χ0v) is 8.62. The molecule has 0 saturated heterocycles. The summed E-state index contributed by atoms with van der Waals surface area (Å²) in [4.78, 5) is 0. The second-order valence-corrected chi connectivity index (χ2v) is 3.77. The van der Waals surface area contributed by atoms with Gasteiger partial charge in [-0.2, -0.15) is 0 Å². The number of hydrogen-bond acceptors (Lipinski definition) is 2. The van der Waals surface area contributed by atoms with Crippen LogP contribution in [0.15, 0.2) is 18.2 Å². The van der Waals surface area contributed by atoms with Gasteiger partial charge < -0.3 is 10.5 Å². The molecule has 0 bridgehead atoms. The van der Waals surface area contributed by atoms with Gasteiger partial charge in [0.25, 0.3) is 0 Å². The first-order valence-electron chi connectivity index (χ1n) is 5.32. The van der Waals surface area contributed by atoms with Gasteiger partial charge in [0.15, 0.2) is 0 Å². The molecule has 76 valence electrons. The van der Waals surface area contributed by atoms with E-state index in [1.165, 1.54) is 24.0 Å². The largest absolute Gasteiger partial charge is 0.490 e. The Balaban J connectivity index is 2.26. The lowest BCUT2D eigenvalue weighted by molar-refractivity contribution is 0.300. The summed E-state index contributed by atoms with van der Waals surface area (Å²) in [6.07, 6.45) is 3.87. The average molecular weight is 191 g/mol. The zero-order chi connectivity index (χ0) is 9.97. The van der Waals surface area contributed by atoms with Gasteiger partial charge in [0.1, 0.15) is 5.75 Å². The molecule has 1 aliphatic rings. The quantitative estimate of drug-likeness (QED) is 0.792. The molecule has 0 radical (unpaired) electrons. The molecule has 0 aromatic heterocycles. The van der Waals surface area contributed by atoms with Crippen molar-refractivity contribution in [2.24, 2.45) is 5.73 Å². The molecule has 1 aliphatic carbocycles. The molecular formula is C12H17NO. The van der Waals surface area contributed by atoms with Crippen LogP contribution in [-0.2, 0) is 13.0 Å². The van der Waals surface area contributed by atoms with E-state index in [0.717, 1.165) is 12.2 Å². The molecule has 0 spiro atoms. The van der Waals surface area contributed by atoms with Gasteiger partial charge in [-0.25, -0.2) is 0 Å². The van der Waals surface area contributed by atoms with Gasteiger partial charge in [-0.15, -0.1) is 0 Å². The van der Waals surface area contributed by atoms with Crippen LogP contribution in [0.5, 0.6) is 5.75 Å². The van der Waals surface area contributed by atoms with Crippen molar-refractivity contribution >= 4 is 0 Å². The van der Waals surface area contributed by atoms with E-state index < -0.39 is 0 Å². The van der Waals surface area contributed by atoms with Gasteiger partial charge >= 0.3 is 0 Å². The molecule has 1 aromatic carbocycles. The van der Waals surface area contributed by atoms with Gasteiger partial charge in [0.05, 0.1) is 6.10 Å². The minimum Gasteiger partial charge on any atom is -0.490 e. The van der Waals surface area contributed by atoms with Gasteiger partial charge in [0.2, 0.25) is 0 Å². The Hall–Kier alpha value is -1.02. The van der Waals surface area contributed by atoms with E-state index in [1.807, 2.05) is 6.07 Å². The van der Waals surface area contributed by atoms with E-state index in [4.69, 9.17) is 10.5 Å². The highest BCUT2D eigenvalue weighted by molar-refractivity contribution is 5.40. The Kier molecular flexibility index (Phi) is 2.73. The van der Waals surface area contributed by atoms with Crippen molar-refractivity contribution in [3.8, 4) is 5.75 Å². The van der Waals surface area contributed by atoms with Crippen LogP contribution >= 0.6 is 0 Å². The van der Waals surface area contributed by atoms with Crippen LogP contribution in [-0.4, -0.2) is 6.10 Å². The molecule has 1 aromatic rings. The molecule has 0 amide bonds. The topological polar surface area (TPSA) is 35.2 Å². The van der Waals surface area contributed by atoms with E-state index in [9.17, 15) is 0 Å². The summed E-state index contributed by atoms with van der Waals surface area (Å²) in [5, 5.41) is 0. The predicted octanol–water partition coefficient (Wildman–Crippen LogP) is 2.25. The first-order valence-corrected chi connectivity index (χ1v) is 5.32. The summed E-state index contributed by atoms with van der Waals surface area (Å²) in [5.41, 5.74) is 8.18. The first kappa shape index (κ1) is 9.53. The maximum absolute atomic E-state index is 5.83. The van der Waals surface area contributed by atoms with Crippen molar-refractivity contribution in [1.29, 1.82) is 0 Å². The monoisotopic (exact) mass is 191 g/mol. The highest BCUT2D eigenvalue weighted by atomic mass is 16.5. The highest BCUT2D eigenvalue weighted by Gasteiger charge is 2.24. The fraction of sp³-hybridized carbons (Fsp3) is 0.500. The van der Waals surface area contributed by atoms with Gasteiger partial charge in [-0.05, 0) is 36.5 Å². The molecule has 2 nitrogen and oxygen atoms in total. The maximum atomic E-state index is 5.83. The standard InChI is InChI=1S/C12H17NO/c1-2-11-9(8-13)4-3-5-12(11)14-10-6-7-10/h3-5,10H,2,6-8,13H2,1H3. The third-order valence-electron chi connectivity index (χ3n) is 2.62. The van der Waals surface area contributed by atoms with E-state index in [1.54, 1.807) is 0 Å². The predicted molar refractivity (Wildman–Crippen MR) is 57.4 cm³/mol. The lowest BCUT2D eigenvalue weighted by atomic mass is 10.0. The molecule has 0 atom stereocenters. The first-order chi connectivity index (χ1) is 6.85. The third kappa shape index (κ3) is 1.90. The normalized spacial score (nSPS) is 15.6. The van der Waals surface area contributed by atoms with Crippen molar-refractivity contribution in [2.75, 3.05) is 0 Å². The molecule has 2 rings (SSSR count). The van der Waals surface area contributed by atoms with Crippen molar-refractivity contribution in [2.45, 2.75) is 38.8 Å². The van der Waals surface area contributed by atoms with Crippen molar-refractivity contribution in [1.82, 2.24) is 0 Å². The second kappa shape index (κ2) is 4.01. The van der Waals surface area contributed by atoms with E-state index in [2.05, 4.69) is 19.1 Å². The summed E-state index contributed by atoms with van der Waals surface area (Å²) in [6.45, 7) is 2.75. The molecule has 2 N–H and O–H groups in total. The summed E-state index contributed by atoms with van der Waals surface area (Å²) in [5.74, 6) is 1.04. The van der Waals surface area contributed by atoms with Crippen LogP contribution in [0.3, 0.4) is 0 Å². The second-order valence-electron chi connectivity index (χ2n) is 3.77. The Morgan fingerprint density at radius 3 is 2.79 bits per heavy atom. The molecular weight excluding hydrogens is 174 g/mol. The zero-order valence-electron chi connectivity index (χ0n) is 8.62. The van der Waals surface area contributed by atoms with Crippen molar-refractivity contribution < 1.29 is 4.74 Å². The number of benzene rings is 1. The number of rotatable bonds is 4. The van der Waals surface area contributed by atoms with Crippen LogP contribution in [0.25, 0.3) is 0 Å². The molecule has 0 heterocycles. The summed E-state index contributed by atoms with van der Waals surface area (Å²) < 4.78 is 5.83. The Labute approximate surface area is 85.1 Å². The van der Waals surface area contributed by atoms with E-state index in [-0.39, 0.29) is 0 Å². The highest BCUT2D eigenvalue weighted by Crippen LogP contribution is 2.30. The molecule has 1 fully saturated rings. The molecule has 1 saturated carbocycles. The van der Waals surface area contributed by atoms with Crippen LogP contribution < -0.4 is 10.5 Å². The Morgan fingerprint density at radius 2 is 2.21 bits per heavy atom. The maximum Gasteiger partial charge on any atom is 0.123 e. The lowest BCUT2D eigenvalue weighted by Crippen LogP contribution is -2.05. The molecule has 0 aliphatic heterocycles. The van der Waals surface area contributed by atoms with Gasteiger partial charge in [-0.3, -0.25) is 0 Å². The molecule has 2 heteroatoms. The average Bonchev–Trinajstić information content (AvgIpc) is 3.01. The number of hydrogen-bond donors (Lipinski definition) is 1. The number of nitrogens with two attached hydrogens (primary N) is 1. The minimum absolute atomic E-state index is 0.466.